The van der Waals surface area contributed by atoms with E-state index in [2.05, 4.69) is 4.98 Å². The van der Waals surface area contributed by atoms with Gasteiger partial charge in [0.2, 0.25) is 0 Å². The van der Waals surface area contributed by atoms with Gasteiger partial charge in [0.1, 0.15) is 18.1 Å². The predicted octanol–water partition coefficient (Wildman–Crippen LogP) is 2.03. The number of hydrogen-bond donors (Lipinski definition) is 1. The van der Waals surface area contributed by atoms with Crippen molar-refractivity contribution >= 4 is 11.8 Å². The highest BCUT2D eigenvalue weighted by Crippen LogP contribution is 2.16. The Balaban J connectivity index is 1.54. The van der Waals surface area contributed by atoms with E-state index in [0.29, 0.717) is 63.0 Å². The second-order valence-electron chi connectivity index (χ2n) is 6.24. The molecule has 7 heteroatoms. The molecule has 7 nitrogen and oxygen atoms in total. The van der Waals surface area contributed by atoms with E-state index in [0.717, 1.165) is 0 Å². The fraction of sp³-hybridized carbons (Fsp3) is 0.400. The van der Waals surface area contributed by atoms with Gasteiger partial charge in [0, 0.05) is 44.5 Å². The number of amides is 2. The number of carbonyl (C=O) groups excluding carboxylic acids is 2. The molecule has 0 spiro atoms. The van der Waals surface area contributed by atoms with Crippen molar-refractivity contribution in [2.75, 3.05) is 46.0 Å². The molecule has 1 aliphatic heterocycles. The molecule has 1 saturated heterocycles. The van der Waals surface area contributed by atoms with Crippen LogP contribution in [-0.2, 0) is 4.74 Å². The van der Waals surface area contributed by atoms with Gasteiger partial charge in [0.15, 0.2) is 0 Å². The van der Waals surface area contributed by atoms with E-state index in [9.17, 15) is 9.59 Å². The van der Waals surface area contributed by atoms with Gasteiger partial charge in [-0.1, -0.05) is 6.07 Å². The third kappa shape index (κ3) is 4.89. The fourth-order valence-corrected chi connectivity index (χ4v) is 3.01. The fourth-order valence-electron chi connectivity index (χ4n) is 3.01. The number of hydrogen-bond acceptors (Lipinski definition) is 4. The van der Waals surface area contributed by atoms with Crippen molar-refractivity contribution in [1.29, 1.82) is 0 Å². The van der Waals surface area contributed by atoms with E-state index >= 15 is 0 Å². The minimum atomic E-state index is -0.0442. The first-order valence-electron chi connectivity index (χ1n) is 9.21. The topological polar surface area (TPSA) is 74.9 Å². The molecule has 3 rings (SSSR count). The molecule has 1 fully saturated rings. The molecule has 0 bridgehead atoms. The maximum absolute atomic E-state index is 12.8. The molecule has 2 amide bonds. The molecule has 2 heterocycles. The maximum atomic E-state index is 12.8. The zero-order valence-electron chi connectivity index (χ0n) is 15.5. The van der Waals surface area contributed by atoms with Gasteiger partial charge in [-0.3, -0.25) is 9.59 Å². The van der Waals surface area contributed by atoms with Crippen molar-refractivity contribution in [2.45, 2.75) is 6.92 Å². The SMILES string of the molecule is CCOCCOc1cccc(C(=O)N2CCN(C(=O)c3ccc[nH]3)CC2)c1. The Hall–Kier alpha value is -2.80. The summed E-state index contributed by atoms with van der Waals surface area (Å²) in [6.45, 7) is 5.63. The molecular formula is C20H25N3O4. The highest BCUT2D eigenvalue weighted by molar-refractivity contribution is 5.95. The summed E-state index contributed by atoms with van der Waals surface area (Å²) in [5, 5.41) is 0. The van der Waals surface area contributed by atoms with E-state index in [4.69, 9.17) is 9.47 Å². The first kappa shape index (κ1) is 19.0. The standard InChI is InChI=1S/C20H25N3O4/c1-2-26-13-14-27-17-6-3-5-16(15-17)19(24)22-9-11-23(12-10-22)20(25)18-7-4-8-21-18/h3-8,15,21H,2,9-14H2,1H3. The Morgan fingerprint density at radius 2 is 1.74 bits per heavy atom. The van der Waals surface area contributed by atoms with E-state index < -0.39 is 0 Å². The summed E-state index contributed by atoms with van der Waals surface area (Å²) in [6, 6.07) is 10.7. The molecular weight excluding hydrogens is 346 g/mol. The number of piperazine rings is 1. The van der Waals surface area contributed by atoms with Gasteiger partial charge in [-0.15, -0.1) is 0 Å². The van der Waals surface area contributed by atoms with Crippen molar-refractivity contribution in [3.63, 3.8) is 0 Å². The molecule has 27 heavy (non-hydrogen) atoms. The lowest BCUT2D eigenvalue weighted by molar-refractivity contribution is 0.0532. The van der Waals surface area contributed by atoms with Crippen LogP contribution in [0.4, 0.5) is 0 Å². The third-order valence-corrected chi connectivity index (χ3v) is 4.46. The van der Waals surface area contributed by atoms with Crippen molar-refractivity contribution in [2.24, 2.45) is 0 Å². The third-order valence-electron chi connectivity index (χ3n) is 4.46. The number of rotatable bonds is 7. The van der Waals surface area contributed by atoms with Crippen LogP contribution in [0.5, 0.6) is 5.75 Å². The minimum absolute atomic E-state index is 0.0307. The number of ether oxygens (including phenoxy) is 2. The molecule has 1 aromatic heterocycles. The number of carbonyl (C=O) groups is 2. The number of benzene rings is 1. The van der Waals surface area contributed by atoms with Crippen LogP contribution in [0.3, 0.4) is 0 Å². The number of aromatic amines is 1. The van der Waals surface area contributed by atoms with Gasteiger partial charge in [0.25, 0.3) is 11.8 Å². The van der Waals surface area contributed by atoms with Gasteiger partial charge in [-0.05, 0) is 37.3 Å². The van der Waals surface area contributed by atoms with Crippen LogP contribution >= 0.6 is 0 Å². The van der Waals surface area contributed by atoms with E-state index in [1.54, 1.807) is 40.3 Å². The van der Waals surface area contributed by atoms with Gasteiger partial charge >= 0.3 is 0 Å². The number of H-pyrrole nitrogens is 1. The first-order valence-corrected chi connectivity index (χ1v) is 9.21. The number of nitrogens with one attached hydrogen (secondary N) is 1. The van der Waals surface area contributed by atoms with Crippen LogP contribution in [0, 0.1) is 0 Å². The largest absolute Gasteiger partial charge is 0.491 e. The summed E-state index contributed by atoms with van der Waals surface area (Å²) in [5.41, 5.74) is 1.17. The maximum Gasteiger partial charge on any atom is 0.270 e. The lowest BCUT2D eigenvalue weighted by atomic mass is 10.1. The van der Waals surface area contributed by atoms with Crippen LogP contribution in [0.15, 0.2) is 42.6 Å². The molecule has 0 unspecified atom stereocenters. The average molecular weight is 371 g/mol. The molecule has 0 atom stereocenters. The van der Waals surface area contributed by atoms with Crippen molar-refractivity contribution in [3.8, 4) is 5.75 Å². The van der Waals surface area contributed by atoms with Crippen LogP contribution in [0.25, 0.3) is 0 Å². The molecule has 0 radical (unpaired) electrons. The molecule has 0 saturated carbocycles. The van der Waals surface area contributed by atoms with Crippen LogP contribution in [0.2, 0.25) is 0 Å². The van der Waals surface area contributed by atoms with Crippen LogP contribution in [-0.4, -0.2) is 72.6 Å². The number of nitrogens with zero attached hydrogens (tertiary/aromatic N) is 2. The second kappa shape index (κ2) is 9.23. The van der Waals surface area contributed by atoms with E-state index in [1.165, 1.54) is 0 Å². The van der Waals surface area contributed by atoms with Gasteiger partial charge in [-0.25, -0.2) is 0 Å². The second-order valence-corrected chi connectivity index (χ2v) is 6.24. The molecule has 144 valence electrons. The smallest absolute Gasteiger partial charge is 0.270 e. The zero-order chi connectivity index (χ0) is 19.1. The Bertz CT molecular complexity index is 752. The summed E-state index contributed by atoms with van der Waals surface area (Å²) in [6.07, 6.45) is 1.73. The monoisotopic (exact) mass is 371 g/mol. The Labute approximate surface area is 158 Å². The summed E-state index contributed by atoms with van der Waals surface area (Å²) in [4.78, 5) is 31.6. The van der Waals surface area contributed by atoms with Gasteiger partial charge < -0.3 is 24.3 Å². The van der Waals surface area contributed by atoms with Crippen molar-refractivity contribution in [1.82, 2.24) is 14.8 Å². The summed E-state index contributed by atoms with van der Waals surface area (Å²) in [7, 11) is 0. The molecule has 1 aliphatic rings. The lowest BCUT2D eigenvalue weighted by Gasteiger charge is -2.34. The van der Waals surface area contributed by atoms with Crippen molar-refractivity contribution < 1.29 is 19.1 Å². The molecule has 1 N–H and O–H groups in total. The quantitative estimate of drug-likeness (QED) is 0.756. The molecule has 1 aromatic carbocycles. The first-order chi connectivity index (χ1) is 13.2. The highest BCUT2D eigenvalue weighted by atomic mass is 16.5. The Kier molecular flexibility index (Phi) is 6.49. The minimum Gasteiger partial charge on any atom is -0.491 e. The molecule has 0 aliphatic carbocycles. The highest BCUT2D eigenvalue weighted by Gasteiger charge is 2.26. The van der Waals surface area contributed by atoms with E-state index in [1.807, 2.05) is 19.1 Å². The summed E-state index contributed by atoms with van der Waals surface area (Å²) in [5.74, 6) is 0.579. The van der Waals surface area contributed by atoms with E-state index in [-0.39, 0.29) is 11.8 Å². The normalized spacial score (nSPS) is 14.3. The van der Waals surface area contributed by atoms with Gasteiger partial charge in [0.05, 0.1) is 6.61 Å². The lowest BCUT2D eigenvalue weighted by Crippen LogP contribution is -2.50. The van der Waals surface area contributed by atoms with Crippen LogP contribution < -0.4 is 4.74 Å². The predicted molar refractivity (Wildman–Crippen MR) is 101 cm³/mol. The van der Waals surface area contributed by atoms with Crippen LogP contribution in [0.1, 0.15) is 27.8 Å². The molecule has 2 aromatic rings. The Morgan fingerprint density at radius 1 is 1.00 bits per heavy atom. The average Bonchev–Trinajstić information content (AvgIpc) is 3.25. The Morgan fingerprint density at radius 3 is 2.41 bits per heavy atom. The summed E-state index contributed by atoms with van der Waals surface area (Å²) < 4.78 is 10.9. The van der Waals surface area contributed by atoms with Crippen molar-refractivity contribution in [3.05, 3.63) is 53.9 Å². The van der Waals surface area contributed by atoms with Gasteiger partial charge in [-0.2, -0.15) is 0 Å². The summed E-state index contributed by atoms with van der Waals surface area (Å²) >= 11 is 0. The zero-order valence-corrected chi connectivity index (χ0v) is 15.5. The number of aromatic nitrogens is 1.